The highest BCUT2D eigenvalue weighted by molar-refractivity contribution is 5.89. The number of nitrogens with zero attached hydrogens (tertiary/aromatic N) is 1. The van der Waals surface area contributed by atoms with Gasteiger partial charge in [0.15, 0.2) is 24.3 Å². The first-order valence-electron chi connectivity index (χ1n) is 19.3. The van der Waals surface area contributed by atoms with Crippen molar-refractivity contribution in [2.24, 2.45) is 17.8 Å². The van der Waals surface area contributed by atoms with Crippen molar-refractivity contribution < 1.29 is 72.5 Å². The van der Waals surface area contributed by atoms with Gasteiger partial charge in [-0.25, -0.2) is 0 Å². The molecule has 12 atom stereocenters. The number of likely N-dealkylation sites (N-methyl/N-ethyl adjacent to an activating group) is 1. The van der Waals surface area contributed by atoms with E-state index in [1.54, 1.807) is 13.8 Å². The average molecular weight is 794 g/mol. The van der Waals surface area contributed by atoms with Gasteiger partial charge in [0.05, 0.1) is 49.4 Å². The number of methoxy groups -OCH3 is 1. The van der Waals surface area contributed by atoms with E-state index < -0.39 is 95.9 Å². The first-order chi connectivity index (χ1) is 25.5. The normalized spacial score (nSPS) is 18.9. The highest BCUT2D eigenvalue weighted by Gasteiger charge is 2.41. The van der Waals surface area contributed by atoms with E-state index in [1.165, 1.54) is 48.7 Å². The van der Waals surface area contributed by atoms with Gasteiger partial charge in [-0.15, -0.1) is 0 Å². The number of hydrogen-bond acceptors (Lipinski definition) is 16. The smallest absolute Gasteiger partial charge is 0.311 e. The van der Waals surface area contributed by atoms with Crippen LogP contribution < -0.4 is 0 Å². The second kappa shape index (κ2) is 26.2. The summed E-state index contributed by atoms with van der Waals surface area (Å²) in [6, 6.07) is -0.302. The van der Waals surface area contributed by atoms with Gasteiger partial charge in [-0.1, -0.05) is 34.1 Å². The molecule has 16 heteroatoms. The molecule has 55 heavy (non-hydrogen) atoms. The Morgan fingerprint density at radius 2 is 1.29 bits per heavy atom. The van der Waals surface area contributed by atoms with Crippen molar-refractivity contribution in [2.45, 2.75) is 162 Å². The highest BCUT2D eigenvalue weighted by Crippen LogP contribution is 2.27. The first-order valence-corrected chi connectivity index (χ1v) is 19.3. The largest absolute Gasteiger partial charge is 0.465 e. The molecule has 0 aromatic heterocycles. The molecular formula is C39H71NO15. The van der Waals surface area contributed by atoms with Crippen LogP contribution in [0.25, 0.3) is 0 Å². The van der Waals surface area contributed by atoms with Crippen LogP contribution in [0.15, 0.2) is 0 Å². The molecule has 0 spiro atoms. The molecule has 0 heterocycles. The van der Waals surface area contributed by atoms with Crippen molar-refractivity contribution >= 4 is 29.7 Å². The minimum absolute atomic E-state index is 0.0478. The number of esters is 4. The quantitative estimate of drug-likeness (QED) is 0.0430. The van der Waals surface area contributed by atoms with E-state index in [9.17, 15) is 39.3 Å². The molecule has 0 aliphatic heterocycles. The number of aliphatic hydroxyl groups excluding tert-OH is 2. The second-order valence-corrected chi connectivity index (χ2v) is 14.9. The van der Waals surface area contributed by atoms with E-state index >= 15 is 0 Å². The summed E-state index contributed by atoms with van der Waals surface area (Å²) in [7, 11) is 5.06. The Balaban J connectivity index is 5.43. The van der Waals surface area contributed by atoms with Crippen molar-refractivity contribution in [2.75, 3.05) is 41.0 Å². The number of Topliss-reactive ketones (excluding diaryl/α,β-unsaturated/α-hetero) is 1. The van der Waals surface area contributed by atoms with Crippen LogP contribution in [-0.2, 0) is 57.1 Å². The number of carbonyl (C=O) groups excluding carboxylic acids is 5. The first kappa shape index (κ1) is 52.3. The van der Waals surface area contributed by atoms with Gasteiger partial charge in [-0.05, 0) is 60.5 Å². The molecule has 0 saturated carbocycles. The maximum Gasteiger partial charge on any atom is 0.311 e. The molecule has 0 unspecified atom stereocenters. The standard InChI is InChI=1S/C39H71NO15/c1-14-17-30(40(11)12)35(55-29(9)44)38(47)51-20-16-19-39(10,48)36(45)25(5)33(53-27(7)42)23(3)22-52-37(46)24(4)31(15-2)50-21-18-32(49-13)34(26(6)41)54-28(8)43/h23-26,30-35,38,41,47-48H,14-22H2,1-13H3/t23-,24+,25+,26-,30-,31-,32-,33-,34-,35+,38-,39+/m0/s1. The van der Waals surface area contributed by atoms with Crippen LogP contribution in [0.4, 0.5) is 0 Å². The summed E-state index contributed by atoms with van der Waals surface area (Å²) in [6.07, 6.45) is -4.20. The van der Waals surface area contributed by atoms with E-state index in [0.29, 0.717) is 12.8 Å². The third kappa shape index (κ3) is 18.8. The summed E-state index contributed by atoms with van der Waals surface area (Å²) in [4.78, 5) is 63.9. The average Bonchev–Trinajstić information content (AvgIpc) is 3.10. The molecular weight excluding hydrogens is 722 g/mol. The molecule has 0 amide bonds. The summed E-state index contributed by atoms with van der Waals surface area (Å²) < 4.78 is 38.7. The molecule has 0 aliphatic rings. The van der Waals surface area contributed by atoms with Gasteiger partial charge in [0.2, 0.25) is 0 Å². The Morgan fingerprint density at radius 3 is 1.76 bits per heavy atom. The van der Waals surface area contributed by atoms with Crippen LogP contribution >= 0.6 is 0 Å². The van der Waals surface area contributed by atoms with Gasteiger partial charge in [0, 0.05) is 46.8 Å². The number of rotatable bonds is 29. The van der Waals surface area contributed by atoms with E-state index in [-0.39, 0.29) is 45.1 Å². The fourth-order valence-electron chi connectivity index (χ4n) is 6.55. The van der Waals surface area contributed by atoms with Gasteiger partial charge in [-0.2, -0.15) is 0 Å². The molecule has 322 valence electrons. The van der Waals surface area contributed by atoms with Crippen molar-refractivity contribution in [3.8, 4) is 0 Å². The Kier molecular flexibility index (Phi) is 24.9. The van der Waals surface area contributed by atoms with Crippen molar-refractivity contribution in [1.82, 2.24) is 4.90 Å². The predicted molar refractivity (Wildman–Crippen MR) is 201 cm³/mol. The number of aliphatic hydroxyl groups is 3. The number of ether oxygens (including phenoxy) is 7. The minimum Gasteiger partial charge on any atom is -0.465 e. The zero-order chi connectivity index (χ0) is 42.6. The third-order valence-electron chi connectivity index (χ3n) is 9.61. The Morgan fingerprint density at radius 1 is 0.745 bits per heavy atom. The predicted octanol–water partition coefficient (Wildman–Crippen LogP) is 2.98. The highest BCUT2D eigenvalue weighted by atomic mass is 16.6. The SMILES string of the molecule is CCC[C@@H]([C@@H](OC(C)=O)[C@@H](O)OCCC[C@@](C)(O)C(=O)[C@H](C)[C@@H](OC(C)=O)[C@@H](C)COC(=O)[C@H](C)[C@H](CC)OCC[C@H](OC)[C@@H](OC(C)=O)[C@H](C)O)N(C)C. The van der Waals surface area contributed by atoms with E-state index in [4.69, 9.17) is 33.2 Å². The van der Waals surface area contributed by atoms with Crippen LogP contribution in [0, 0.1) is 17.8 Å². The zero-order valence-corrected chi connectivity index (χ0v) is 35.4. The molecule has 0 saturated heterocycles. The fraction of sp³-hybridized carbons (Fsp3) is 0.872. The number of carbonyl (C=O) groups is 5. The molecule has 0 aromatic rings. The fourth-order valence-corrected chi connectivity index (χ4v) is 6.55. The molecule has 0 aromatic carbocycles. The lowest BCUT2D eigenvalue weighted by Crippen LogP contribution is -2.49. The Bertz CT molecular complexity index is 1160. The molecule has 0 fully saturated rings. The van der Waals surface area contributed by atoms with E-state index in [0.717, 1.165) is 6.42 Å². The van der Waals surface area contributed by atoms with Crippen LogP contribution in [-0.4, -0.2) is 145 Å². The molecule has 0 rings (SSSR count). The van der Waals surface area contributed by atoms with Crippen LogP contribution in [0.3, 0.4) is 0 Å². The minimum atomic E-state index is -1.86. The summed E-state index contributed by atoms with van der Waals surface area (Å²) in [6.45, 7) is 15.1. The Labute approximate surface area is 327 Å². The van der Waals surface area contributed by atoms with Gasteiger partial charge in [0.25, 0.3) is 0 Å². The maximum atomic E-state index is 13.6. The molecule has 16 nitrogen and oxygen atoms in total. The van der Waals surface area contributed by atoms with Crippen LogP contribution in [0.5, 0.6) is 0 Å². The monoisotopic (exact) mass is 793 g/mol. The van der Waals surface area contributed by atoms with E-state index in [1.807, 2.05) is 32.8 Å². The summed E-state index contributed by atoms with van der Waals surface area (Å²) >= 11 is 0. The summed E-state index contributed by atoms with van der Waals surface area (Å²) in [5.41, 5.74) is -1.86. The lowest BCUT2D eigenvalue weighted by Gasteiger charge is -2.34. The zero-order valence-electron chi connectivity index (χ0n) is 35.4. The van der Waals surface area contributed by atoms with Gasteiger partial charge in [-0.3, -0.25) is 24.0 Å². The second-order valence-electron chi connectivity index (χ2n) is 14.9. The van der Waals surface area contributed by atoms with E-state index in [2.05, 4.69) is 0 Å². The third-order valence-corrected chi connectivity index (χ3v) is 9.61. The summed E-state index contributed by atoms with van der Waals surface area (Å²) in [5, 5.41) is 32.0. The van der Waals surface area contributed by atoms with Gasteiger partial charge >= 0.3 is 23.9 Å². The maximum absolute atomic E-state index is 13.6. The van der Waals surface area contributed by atoms with Gasteiger partial charge in [0.1, 0.15) is 11.7 Å². The van der Waals surface area contributed by atoms with Gasteiger partial charge < -0.3 is 53.4 Å². The Hall–Kier alpha value is -2.73. The lowest BCUT2D eigenvalue weighted by atomic mass is 9.81. The van der Waals surface area contributed by atoms with Crippen molar-refractivity contribution in [3.05, 3.63) is 0 Å². The number of hydrogen-bond donors (Lipinski definition) is 3. The summed E-state index contributed by atoms with van der Waals surface area (Å²) in [5.74, 6) is -5.26. The number of ketones is 1. The molecule has 0 radical (unpaired) electrons. The molecule has 0 bridgehead atoms. The molecule has 0 aliphatic carbocycles. The van der Waals surface area contributed by atoms with Crippen LogP contribution in [0.2, 0.25) is 0 Å². The van der Waals surface area contributed by atoms with Crippen molar-refractivity contribution in [1.29, 1.82) is 0 Å². The van der Waals surface area contributed by atoms with Crippen LogP contribution in [0.1, 0.15) is 108 Å². The lowest BCUT2D eigenvalue weighted by molar-refractivity contribution is -0.201. The topological polar surface area (TPSA) is 214 Å². The van der Waals surface area contributed by atoms with Crippen molar-refractivity contribution in [3.63, 3.8) is 0 Å². The molecule has 3 N–H and O–H groups in total.